The minimum Gasteiger partial charge on any atom is -0.356 e. The van der Waals surface area contributed by atoms with Crippen molar-refractivity contribution in [2.24, 2.45) is 4.99 Å². The number of aliphatic imine (C=N–C) groups is 1. The summed E-state index contributed by atoms with van der Waals surface area (Å²) in [6.45, 7) is -1.81. The van der Waals surface area contributed by atoms with Crippen LogP contribution < -0.4 is 10.6 Å². The van der Waals surface area contributed by atoms with Crippen molar-refractivity contribution in [1.29, 1.82) is 0 Å². The van der Waals surface area contributed by atoms with Crippen LogP contribution in [-0.4, -0.2) is 29.1 Å². The van der Waals surface area contributed by atoms with Crippen LogP contribution in [0.25, 0.3) is 0 Å². The topological polar surface area (TPSA) is 54.2 Å². The van der Waals surface area contributed by atoms with Crippen LogP contribution in [0.1, 0.15) is 24.4 Å². The lowest BCUT2D eigenvalue weighted by molar-refractivity contribution is 0.0668. The van der Waals surface area contributed by atoms with Gasteiger partial charge in [-0.1, -0.05) is 29.3 Å². The standard InChI is InChI=1S/C16H19Cl2F2N5.HI/c1-21-16(24-10-14-22-7-8-25(14)15(19)20)23-6-2-3-11-4-5-12(17)9-13(11)18;/h4-5,7-9,15H,2-3,6,10H2,1H3,(H2,21,23,24);1H. The summed E-state index contributed by atoms with van der Waals surface area (Å²) >= 11 is 12.0. The van der Waals surface area contributed by atoms with E-state index >= 15 is 0 Å². The van der Waals surface area contributed by atoms with E-state index in [0.29, 0.717) is 22.5 Å². The van der Waals surface area contributed by atoms with E-state index in [2.05, 4.69) is 20.6 Å². The first-order chi connectivity index (χ1) is 12.0. The zero-order valence-electron chi connectivity index (χ0n) is 14.1. The van der Waals surface area contributed by atoms with Gasteiger partial charge in [0.1, 0.15) is 5.82 Å². The van der Waals surface area contributed by atoms with Gasteiger partial charge in [-0.25, -0.2) is 4.98 Å². The third-order valence-electron chi connectivity index (χ3n) is 3.53. The van der Waals surface area contributed by atoms with Gasteiger partial charge in [0.15, 0.2) is 5.96 Å². The van der Waals surface area contributed by atoms with Gasteiger partial charge in [-0.15, -0.1) is 24.0 Å². The molecule has 0 radical (unpaired) electrons. The Labute approximate surface area is 178 Å². The van der Waals surface area contributed by atoms with Crippen LogP contribution in [-0.2, 0) is 13.0 Å². The van der Waals surface area contributed by atoms with Gasteiger partial charge in [-0.3, -0.25) is 9.56 Å². The molecule has 10 heteroatoms. The molecule has 0 aliphatic heterocycles. The van der Waals surface area contributed by atoms with Gasteiger partial charge in [0, 0.05) is 36.0 Å². The molecule has 0 aliphatic rings. The molecule has 2 N–H and O–H groups in total. The zero-order valence-corrected chi connectivity index (χ0v) is 17.9. The van der Waals surface area contributed by atoms with Crippen molar-refractivity contribution in [3.63, 3.8) is 0 Å². The highest BCUT2D eigenvalue weighted by Gasteiger charge is 2.11. The molecule has 0 amide bonds. The predicted octanol–water partition coefficient (Wildman–Crippen LogP) is 4.50. The van der Waals surface area contributed by atoms with Crippen molar-refractivity contribution in [1.82, 2.24) is 20.2 Å². The minimum atomic E-state index is -2.61. The summed E-state index contributed by atoms with van der Waals surface area (Å²) in [5.74, 6) is 0.761. The number of alkyl halides is 2. The van der Waals surface area contributed by atoms with E-state index in [1.807, 2.05) is 12.1 Å². The molecule has 0 aliphatic carbocycles. The number of rotatable bonds is 7. The number of guanidine groups is 1. The van der Waals surface area contributed by atoms with Gasteiger partial charge in [0.25, 0.3) is 0 Å². The van der Waals surface area contributed by atoms with Crippen molar-refractivity contribution in [3.05, 3.63) is 52.0 Å². The lowest BCUT2D eigenvalue weighted by Crippen LogP contribution is -2.38. The monoisotopic (exact) mass is 517 g/mol. The molecule has 2 aromatic rings. The van der Waals surface area contributed by atoms with Gasteiger partial charge in [0.2, 0.25) is 0 Å². The van der Waals surface area contributed by atoms with Gasteiger partial charge < -0.3 is 10.6 Å². The average molecular weight is 518 g/mol. The lowest BCUT2D eigenvalue weighted by atomic mass is 10.1. The first-order valence-electron chi connectivity index (χ1n) is 7.69. The molecule has 2 rings (SSSR count). The Hall–Kier alpha value is -1.13. The molecule has 0 bridgehead atoms. The van der Waals surface area contributed by atoms with E-state index < -0.39 is 6.55 Å². The normalized spacial score (nSPS) is 11.4. The molecule has 0 spiro atoms. The molecule has 0 saturated heterocycles. The highest BCUT2D eigenvalue weighted by molar-refractivity contribution is 14.0. The van der Waals surface area contributed by atoms with Gasteiger partial charge in [0.05, 0.1) is 6.54 Å². The van der Waals surface area contributed by atoms with Crippen LogP contribution in [0.4, 0.5) is 8.78 Å². The fourth-order valence-electron chi connectivity index (χ4n) is 2.25. The Bertz CT molecular complexity index is 724. The number of halogens is 5. The molecule has 5 nitrogen and oxygen atoms in total. The number of hydrogen-bond acceptors (Lipinski definition) is 2. The van der Waals surface area contributed by atoms with Crippen molar-refractivity contribution in [3.8, 4) is 0 Å². The summed E-state index contributed by atoms with van der Waals surface area (Å²) in [6, 6.07) is 5.43. The van der Waals surface area contributed by atoms with Crippen LogP contribution in [0.5, 0.6) is 0 Å². The smallest absolute Gasteiger partial charge is 0.319 e. The van der Waals surface area contributed by atoms with E-state index in [1.54, 1.807) is 13.1 Å². The Kier molecular flexibility index (Phi) is 10.2. The maximum atomic E-state index is 12.8. The fraction of sp³-hybridized carbons (Fsp3) is 0.375. The lowest BCUT2D eigenvalue weighted by Gasteiger charge is -2.13. The molecule has 0 atom stereocenters. The van der Waals surface area contributed by atoms with E-state index in [4.69, 9.17) is 23.2 Å². The molecule has 26 heavy (non-hydrogen) atoms. The summed E-state index contributed by atoms with van der Waals surface area (Å²) < 4.78 is 26.3. The van der Waals surface area contributed by atoms with E-state index in [1.165, 1.54) is 12.4 Å². The van der Waals surface area contributed by atoms with Crippen molar-refractivity contribution < 1.29 is 8.78 Å². The average Bonchev–Trinajstić information content (AvgIpc) is 3.04. The van der Waals surface area contributed by atoms with Gasteiger partial charge >= 0.3 is 6.55 Å². The molecule has 1 aromatic heterocycles. The summed E-state index contributed by atoms with van der Waals surface area (Å²) in [5.41, 5.74) is 1.02. The number of aryl methyl sites for hydroxylation is 1. The number of nitrogens with one attached hydrogen (secondary N) is 2. The molecule has 0 saturated carbocycles. The molecule has 0 fully saturated rings. The third-order valence-corrected chi connectivity index (χ3v) is 4.11. The van der Waals surface area contributed by atoms with Crippen molar-refractivity contribution in [2.75, 3.05) is 13.6 Å². The quantitative estimate of drug-likeness (QED) is 0.246. The van der Waals surface area contributed by atoms with E-state index in [9.17, 15) is 8.78 Å². The summed E-state index contributed by atoms with van der Waals surface area (Å²) in [7, 11) is 1.62. The van der Waals surface area contributed by atoms with Crippen LogP contribution in [0.15, 0.2) is 35.6 Å². The molecule has 1 aromatic carbocycles. The Morgan fingerprint density at radius 2 is 2.08 bits per heavy atom. The molecular weight excluding hydrogens is 498 g/mol. The van der Waals surface area contributed by atoms with E-state index in [-0.39, 0.29) is 36.3 Å². The predicted molar refractivity (Wildman–Crippen MR) is 112 cm³/mol. The summed E-state index contributed by atoms with van der Waals surface area (Å²) in [5, 5.41) is 7.35. The van der Waals surface area contributed by atoms with Crippen LogP contribution in [0, 0.1) is 0 Å². The zero-order chi connectivity index (χ0) is 18.2. The highest BCUT2D eigenvalue weighted by atomic mass is 127. The van der Waals surface area contributed by atoms with Gasteiger partial charge in [-0.05, 0) is 30.5 Å². The molecular formula is C16H20Cl2F2IN5. The second-order valence-electron chi connectivity index (χ2n) is 5.22. The molecule has 144 valence electrons. The number of hydrogen-bond donors (Lipinski definition) is 2. The second-order valence-corrected chi connectivity index (χ2v) is 6.06. The van der Waals surface area contributed by atoms with Gasteiger partial charge in [-0.2, -0.15) is 8.78 Å². The van der Waals surface area contributed by atoms with Crippen molar-refractivity contribution in [2.45, 2.75) is 25.9 Å². The van der Waals surface area contributed by atoms with Crippen LogP contribution in [0.2, 0.25) is 10.0 Å². The Balaban J connectivity index is 0.00000338. The summed E-state index contributed by atoms with van der Waals surface area (Å²) in [6.07, 6.45) is 4.20. The highest BCUT2D eigenvalue weighted by Crippen LogP contribution is 2.21. The number of nitrogens with zero attached hydrogens (tertiary/aromatic N) is 3. The maximum absolute atomic E-state index is 12.8. The Morgan fingerprint density at radius 1 is 1.31 bits per heavy atom. The minimum absolute atomic E-state index is 0. The number of aromatic nitrogens is 2. The third kappa shape index (κ3) is 6.88. The SMILES string of the molecule is CN=C(NCCCc1ccc(Cl)cc1Cl)NCc1nccn1C(F)F.I. The largest absolute Gasteiger partial charge is 0.356 e. The van der Waals surface area contributed by atoms with Crippen LogP contribution in [0.3, 0.4) is 0 Å². The number of benzene rings is 1. The first-order valence-corrected chi connectivity index (χ1v) is 8.45. The summed E-state index contributed by atoms with van der Waals surface area (Å²) in [4.78, 5) is 7.97. The molecule has 1 heterocycles. The van der Waals surface area contributed by atoms with E-state index in [0.717, 1.165) is 23.0 Å². The Morgan fingerprint density at radius 3 is 2.73 bits per heavy atom. The maximum Gasteiger partial charge on any atom is 0.319 e. The fourth-order valence-corrected chi connectivity index (χ4v) is 2.75. The number of imidazole rings is 1. The second kappa shape index (κ2) is 11.6. The first kappa shape index (κ1) is 22.9. The van der Waals surface area contributed by atoms with Crippen LogP contribution >= 0.6 is 47.2 Å². The molecule has 0 unspecified atom stereocenters. The van der Waals surface area contributed by atoms with Crippen molar-refractivity contribution >= 4 is 53.1 Å².